The van der Waals surface area contributed by atoms with Crippen LogP contribution in [0, 0.1) is 0 Å². The van der Waals surface area contributed by atoms with Crippen LogP contribution in [0.4, 0.5) is 20.2 Å². The van der Waals surface area contributed by atoms with Gasteiger partial charge >= 0.3 is 0 Å². The van der Waals surface area contributed by atoms with Crippen molar-refractivity contribution in [3.05, 3.63) is 45.1 Å². The maximum atomic E-state index is 13.8. The molecule has 2 heterocycles. The number of likely N-dealkylation sites (N-methyl/N-ethyl adjacent to an activating group) is 1. The Bertz CT molecular complexity index is 1050. The van der Waals surface area contributed by atoms with Gasteiger partial charge in [-0.05, 0) is 43.9 Å². The average Bonchev–Trinajstić information content (AvgIpc) is 3.25. The van der Waals surface area contributed by atoms with Crippen molar-refractivity contribution in [2.75, 3.05) is 50.1 Å². The van der Waals surface area contributed by atoms with E-state index in [1.165, 1.54) is 23.1 Å². The third kappa shape index (κ3) is 6.29. The summed E-state index contributed by atoms with van der Waals surface area (Å²) >= 11 is 6.98. The Morgan fingerprint density at radius 3 is 2.68 bits per heavy atom. The first-order valence-corrected chi connectivity index (χ1v) is 11.8. The van der Waals surface area contributed by atoms with Crippen LogP contribution in [0.2, 0.25) is 4.34 Å². The van der Waals surface area contributed by atoms with Crippen LogP contribution < -0.4 is 15.5 Å². The SMILES string of the molecule is CCN(C)[C@H](CNC(=O)c1ccc(Cl)s1)C(=O)Nc1ccc(N2CCOCC2=O)cc1C(F)F. The number of morpholine rings is 1. The van der Waals surface area contributed by atoms with Crippen molar-refractivity contribution in [3.8, 4) is 0 Å². The molecule has 0 unspecified atom stereocenters. The topological polar surface area (TPSA) is 91.0 Å². The summed E-state index contributed by atoms with van der Waals surface area (Å²) < 4.78 is 33.2. The van der Waals surface area contributed by atoms with Gasteiger partial charge in [0.25, 0.3) is 18.2 Å². The highest BCUT2D eigenvalue weighted by molar-refractivity contribution is 7.18. The van der Waals surface area contributed by atoms with Crippen LogP contribution in [0.3, 0.4) is 0 Å². The molecule has 0 saturated carbocycles. The number of benzene rings is 1. The second-order valence-corrected chi connectivity index (χ2v) is 9.28. The Morgan fingerprint density at radius 1 is 1.29 bits per heavy atom. The number of hydrogen-bond donors (Lipinski definition) is 2. The van der Waals surface area contributed by atoms with Gasteiger partial charge in [-0.15, -0.1) is 11.3 Å². The zero-order valence-electron chi connectivity index (χ0n) is 18.6. The Morgan fingerprint density at radius 2 is 2.06 bits per heavy atom. The van der Waals surface area contributed by atoms with E-state index in [1.54, 1.807) is 24.1 Å². The number of alkyl halides is 2. The summed E-state index contributed by atoms with van der Waals surface area (Å²) in [4.78, 5) is 40.9. The quantitative estimate of drug-likeness (QED) is 0.535. The van der Waals surface area contributed by atoms with Crippen molar-refractivity contribution in [2.45, 2.75) is 19.4 Å². The van der Waals surface area contributed by atoms with Gasteiger partial charge in [0.05, 0.1) is 15.8 Å². The van der Waals surface area contributed by atoms with Crippen LogP contribution in [0.1, 0.15) is 28.6 Å². The third-order valence-electron chi connectivity index (χ3n) is 5.41. The van der Waals surface area contributed by atoms with E-state index < -0.39 is 23.9 Å². The Labute approximate surface area is 204 Å². The number of carbonyl (C=O) groups is 3. The van der Waals surface area contributed by atoms with E-state index in [4.69, 9.17) is 16.3 Å². The van der Waals surface area contributed by atoms with Crippen LogP contribution in [0.5, 0.6) is 0 Å². The molecule has 0 aliphatic carbocycles. The van der Waals surface area contributed by atoms with Crippen molar-refractivity contribution >= 4 is 52.0 Å². The molecule has 1 aromatic heterocycles. The Kier molecular flexibility index (Phi) is 8.95. The smallest absolute Gasteiger partial charge is 0.265 e. The van der Waals surface area contributed by atoms with Gasteiger partial charge in [0.1, 0.15) is 12.6 Å². The summed E-state index contributed by atoms with van der Waals surface area (Å²) in [5, 5.41) is 5.25. The van der Waals surface area contributed by atoms with Crippen molar-refractivity contribution in [2.24, 2.45) is 0 Å². The molecule has 2 N–H and O–H groups in total. The van der Waals surface area contributed by atoms with Gasteiger partial charge in [-0.3, -0.25) is 19.3 Å². The van der Waals surface area contributed by atoms with E-state index in [2.05, 4.69) is 10.6 Å². The molecule has 1 atom stereocenters. The lowest BCUT2D eigenvalue weighted by molar-refractivity contribution is -0.125. The second kappa shape index (κ2) is 11.7. The minimum atomic E-state index is -2.88. The van der Waals surface area contributed by atoms with Crippen molar-refractivity contribution in [1.29, 1.82) is 0 Å². The fourth-order valence-corrected chi connectivity index (χ4v) is 4.36. The molecule has 1 aromatic carbocycles. The summed E-state index contributed by atoms with van der Waals surface area (Å²) in [5.74, 6) is -1.26. The molecular weight excluding hydrogens is 490 g/mol. The highest BCUT2D eigenvalue weighted by atomic mass is 35.5. The summed E-state index contributed by atoms with van der Waals surface area (Å²) in [6.45, 7) is 2.73. The molecule has 184 valence electrons. The Balaban J connectivity index is 1.75. The molecule has 1 saturated heterocycles. The molecule has 2 aromatic rings. The average molecular weight is 515 g/mol. The molecule has 0 spiro atoms. The highest BCUT2D eigenvalue weighted by Gasteiger charge is 2.27. The lowest BCUT2D eigenvalue weighted by atomic mass is 10.1. The number of rotatable bonds is 9. The predicted octanol–water partition coefficient (Wildman–Crippen LogP) is 3.39. The summed E-state index contributed by atoms with van der Waals surface area (Å²) in [6.07, 6.45) is -2.88. The van der Waals surface area contributed by atoms with E-state index in [0.29, 0.717) is 28.1 Å². The fourth-order valence-electron chi connectivity index (χ4n) is 3.40. The zero-order chi connectivity index (χ0) is 24.8. The van der Waals surface area contributed by atoms with Gasteiger partial charge in [-0.25, -0.2) is 8.78 Å². The maximum Gasteiger partial charge on any atom is 0.265 e. The summed E-state index contributed by atoms with van der Waals surface area (Å²) in [5.41, 5.74) is -0.152. The van der Waals surface area contributed by atoms with Gasteiger partial charge in [0.15, 0.2) is 0 Å². The first-order chi connectivity index (χ1) is 16.2. The normalized spacial score (nSPS) is 15.0. The van der Waals surface area contributed by atoms with Gasteiger partial charge in [0, 0.05) is 30.0 Å². The number of hydrogen-bond acceptors (Lipinski definition) is 6. The lowest BCUT2D eigenvalue weighted by Gasteiger charge is -2.28. The summed E-state index contributed by atoms with van der Waals surface area (Å²) in [7, 11) is 1.69. The monoisotopic (exact) mass is 514 g/mol. The lowest BCUT2D eigenvalue weighted by Crippen LogP contribution is -2.49. The Hall–Kier alpha value is -2.60. The highest BCUT2D eigenvalue weighted by Crippen LogP contribution is 2.32. The number of thiophene rings is 1. The minimum Gasteiger partial charge on any atom is -0.370 e. The third-order valence-corrected chi connectivity index (χ3v) is 6.64. The van der Waals surface area contributed by atoms with E-state index >= 15 is 0 Å². The number of ether oxygens (including phenoxy) is 1. The summed E-state index contributed by atoms with van der Waals surface area (Å²) in [6, 6.07) is 6.43. The molecule has 0 bridgehead atoms. The van der Waals surface area contributed by atoms with Crippen molar-refractivity contribution < 1.29 is 27.9 Å². The molecule has 1 aliphatic rings. The molecule has 8 nitrogen and oxygen atoms in total. The standard InChI is InChI=1S/C22H25ClF2N4O4S/c1-3-28(2)16(11-26-22(32)17-6-7-18(23)34-17)21(31)27-15-5-4-13(10-14(15)20(24)25)29-8-9-33-12-19(29)30/h4-7,10,16,20H,3,8-9,11-12H2,1-2H3,(H,26,32)(H,27,31)/t16-/m1/s1. The molecule has 34 heavy (non-hydrogen) atoms. The van der Waals surface area contributed by atoms with Crippen LogP contribution in [-0.4, -0.2) is 68.6 Å². The fraction of sp³-hybridized carbons (Fsp3) is 0.409. The number of halogens is 3. The molecule has 3 rings (SSSR count). The number of nitrogens with zero attached hydrogens (tertiary/aromatic N) is 2. The van der Waals surface area contributed by atoms with Gasteiger partial charge in [0.2, 0.25) is 5.91 Å². The van der Waals surface area contributed by atoms with Crippen molar-refractivity contribution in [3.63, 3.8) is 0 Å². The van der Waals surface area contributed by atoms with Crippen molar-refractivity contribution in [1.82, 2.24) is 10.2 Å². The minimum absolute atomic E-state index is 0.0328. The molecule has 3 amide bonds. The van der Waals surface area contributed by atoms with E-state index in [-0.39, 0.29) is 37.2 Å². The van der Waals surface area contributed by atoms with Crippen LogP contribution in [0.15, 0.2) is 30.3 Å². The molecule has 1 fully saturated rings. The number of anilines is 2. The molecular formula is C22H25ClF2N4O4S. The van der Waals surface area contributed by atoms with Crippen LogP contribution in [0.25, 0.3) is 0 Å². The largest absolute Gasteiger partial charge is 0.370 e. The molecule has 0 radical (unpaired) electrons. The molecule has 12 heteroatoms. The first-order valence-electron chi connectivity index (χ1n) is 10.6. The van der Waals surface area contributed by atoms with E-state index in [9.17, 15) is 23.2 Å². The van der Waals surface area contributed by atoms with Gasteiger partial charge in [-0.2, -0.15) is 0 Å². The van der Waals surface area contributed by atoms with E-state index in [1.807, 2.05) is 6.92 Å². The van der Waals surface area contributed by atoms with Gasteiger partial charge in [-0.1, -0.05) is 18.5 Å². The van der Waals surface area contributed by atoms with Gasteiger partial charge < -0.3 is 20.3 Å². The van der Waals surface area contributed by atoms with Crippen LogP contribution in [-0.2, 0) is 14.3 Å². The van der Waals surface area contributed by atoms with Crippen LogP contribution >= 0.6 is 22.9 Å². The predicted molar refractivity (Wildman–Crippen MR) is 127 cm³/mol. The first kappa shape index (κ1) is 26.0. The molecule has 1 aliphatic heterocycles. The maximum absolute atomic E-state index is 13.8. The van der Waals surface area contributed by atoms with E-state index in [0.717, 1.165) is 11.3 Å². The second-order valence-electron chi connectivity index (χ2n) is 7.56. The number of carbonyl (C=O) groups excluding carboxylic acids is 3. The number of amides is 3. The zero-order valence-corrected chi connectivity index (χ0v) is 20.2. The number of nitrogens with one attached hydrogen (secondary N) is 2.